The first-order chi connectivity index (χ1) is 15.3. The van der Waals surface area contributed by atoms with Crippen molar-refractivity contribution in [3.63, 3.8) is 0 Å². The molecule has 1 aromatic carbocycles. The number of hydrogen-bond acceptors (Lipinski definition) is 8. The monoisotopic (exact) mass is 431 g/mol. The lowest BCUT2D eigenvalue weighted by molar-refractivity contribution is -0.136. The van der Waals surface area contributed by atoms with E-state index >= 15 is 0 Å². The van der Waals surface area contributed by atoms with Gasteiger partial charge in [0.05, 0.1) is 17.4 Å². The number of benzene rings is 1. The molecule has 9 nitrogen and oxygen atoms in total. The Morgan fingerprint density at radius 3 is 2.56 bits per heavy atom. The Morgan fingerprint density at radius 2 is 1.81 bits per heavy atom. The Hall–Kier alpha value is -3.59. The van der Waals surface area contributed by atoms with Crippen molar-refractivity contribution in [1.29, 1.82) is 0 Å². The van der Waals surface area contributed by atoms with Gasteiger partial charge in [0.15, 0.2) is 17.1 Å². The largest absolute Gasteiger partial charge is 0.441 e. The van der Waals surface area contributed by atoms with Crippen molar-refractivity contribution >= 4 is 34.0 Å². The Morgan fingerprint density at radius 1 is 1.03 bits per heavy atom. The summed E-state index contributed by atoms with van der Waals surface area (Å²) in [6.45, 7) is 7.85. The summed E-state index contributed by atoms with van der Waals surface area (Å²) in [5.41, 5.74) is 9.71. The number of carbonyl (C=O) groups excluding carboxylic acids is 1. The molecule has 0 bridgehead atoms. The van der Waals surface area contributed by atoms with Crippen LogP contribution in [0.15, 0.2) is 40.9 Å². The number of anilines is 1. The highest BCUT2D eigenvalue weighted by molar-refractivity contribution is 5.85. The number of oxazole rings is 1. The zero-order chi connectivity index (χ0) is 22.5. The second-order valence-electron chi connectivity index (χ2n) is 8.68. The average molecular weight is 432 g/mol. The first-order valence-electron chi connectivity index (χ1n) is 10.6. The van der Waals surface area contributed by atoms with Gasteiger partial charge in [-0.3, -0.25) is 4.79 Å². The van der Waals surface area contributed by atoms with Crippen LogP contribution in [-0.4, -0.2) is 62.5 Å². The molecular formula is C23H25N7O2. The van der Waals surface area contributed by atoms with Crippen LogP contribution in [0.2, 0.25) is 0 Å². The molecule has 1 fully saturated rings. The van der Waals surface area contributed by atoms with Gasteiger partial charge < -0.3 is 20.0 Å². The number of pyridine rings is 1. The standard InChI is InChI=1S/C23H25N7O2/c1-14-26-18-12-15(4-7-19(18)32-14)16-5-6-17-21(27-16)28-20(13-25-17)29-8-10-30(11-9-29)22(31)23(2,3)24/h4-7,12-13H,8-11,24H2,1-3H3. The number of aryl methyl sites for hydroxylation is 1. The maximum Gasteiger partial charge on any atom is 0.242 e. The molecule has 0 aliphatic carbocycles. The van der Waals surface area contributed by atoms with Crippen molar-refractivity contribution in [2.75, 3.05) is 31.1 Å². The summed E-state index contributed by atoms with van der Waals surface area (Å²) in [7, 11) is 0. The molecule has 0 spiro atoms. The molecule has 0 unspecified atom stereocenters. The zero-order valence-corrected chi connectivity index (χ0v) is 18.4. The van der Waals surface area contributed by atoms with E-state index in [0.29, 0.717) is 37.7 Å². The lowest BCUT2D eigenvalue weighted by atomic mass is 10.0. The molecule has 3 aromatic heterocycles. The highest BCUT2D eigenvalue weighted by atomic mass is 16.3. The second kappa shape index (κ2) is 7.52. The van der Waals surface area contributed by atoms with E-state index in [1.54, 1.807) is 20.0 Å². The number of amides is 1. The van der Waals surface area contributed by atoms with Crippen LogP contribution >= 0.6 is 0 Å². The number of nitrogens with zero attached hydrogens (tertiary/aromatic N) is 6. The van der Waals surface area contributed by atoms with E-state index in [-0.39, 0.29) is 5.91 Å². The van der Waals surface area contributed by atoms with Crippen LogP contribution in [0.5, 0.6) is 0 Å². The first kappa shape index (κ1) is 20.3. The third-order valence-corrected chi connectivity index (χ3v) is 5.63. The number of rotatable bonds is 3. The number of fused-ring (bicyclic) bond motifs is 2. The smallest absolute Gasteiger partial charge is 0.242 e. The minimum atomic E-state index is -0.862. The van der Waals surface area contributed by atoms with E-state index in [1.807, 2.05) is 42.2 Å². The SMILES string of the molecule is Cc1nc2cc(-c3ccc4ncc(N5CCN(C(=O)C(C)(C)N)CC5)nc4n3)ccc2o1. The van der Waals surface area contributed by atoms with Gasteiger partial charge in [-0.05, 0) is 44.2 Å². The third-order valence-electron chi connectivity index (χ3n) is 5.63. The van der Waals surface area contributed by atoms with Crippen LogP contribution in [0.3, 0.4) is 0 Å². The van der Waals surface area contributed by atoms with Gasteiger partial charge in [0.25, 0.3) is 0 Å². The summed E-state index contributed by atoms with van der Waals surface area (Å²) in [5, 5.41) is 0. The highest BCUT2D eigenvalue weighted by Crippen LogP contribution is 2.25. The van der Waals surface area contributed by atoms with Crippen LogP contribution in [0.4, 0.5) is 5.82 Å². The summed E-state index contributed by atoms with van der Waals surface area (Å²) in [4.78, 5) is 34.8. The molecule has 1 saturated heterocycles. The maximum absolute atomic E-state index is 12.4. The van der Waals surface area contributed by atoms with Gasteiger partial charge in [-0.25, -0.2) is 19.9 Å². The van der Waals surface area contributed by atoms with Crippen molar-refractivity contribution in [2.24, 2.45) is 5.73 Å². The predicted octanol–water partition coefficient (Wildman–Crippen LogP) is 2.53. The molecule has 1 aliphatic heterocycles. The Balaban J connectivity index is 1.39. The van der Waals surface area contributed by atoms with Gasteiger partial charge in [0, 0.05) is 38.7 Å². The topological polar surface area (TPSA) is 114 Å². The van der Waals surface area contributed by atoms with Gasteiger partial charge in [-0.2, -0.15) is 0 Å². The molecule has 164 valence electrons. The summed E-state index contributed by atoms with van der Waals surface area (Å²) in [6, 6.07) is 9.69. The first-order valence-corrected chi connectivity index (χ1v) is 10.6. The molecule has 0 saturated carbocycles. The lowest BCUT2D eigenvalue weighted by Gasteiger charge is -2.37. The molecule has 5 rings (SSSR count). The normalized spacial score (nSPS) is 15.0. The second-order valence-corrected chi connectivity index (χ2v) is 8.68. The van der Waals surface area contributed by atoms with E-state index in [1.165, 1.54) is 0 Å². The van der Waals surface area contributed by atoms with E-state index in [4.69, 9.17) is 20.1 Å². The van der Waals surface area contributed by atoms with E-state index in [2.05, 4.69) is 14.9 Å². The van der Waals surface area contributed by atoms with E-state index in [0.717, 1.165) is 33.7 Å². The van der Waals surface area contributed by atoms with E-state index < -0.39 is 5.54 Å². The van der Waals surface area contributed by atoms with Crippen molar-refractivity contribution in [1.82, 2.24) is 24.8 Å². The molecule has 32 heavy (non-hydrogen) atoms. The molecule has 0 atom stereocenters. The average Bonchev–Trinajstić information content (AvgIpc) is 3.16. The van der Waals surface area contributed by atoms with Crippen LogP contribution in [0.1, 0.15) is 19.7 Å². The molecule has 0 radical (unpaired) electrons. The fraction of sp³-hybridized carbons (Fsp3) is 0.348. The van der Waals surface area contributed by atoms with Crippen LogP contribution in [0.25, 0.3) is 33.5 Å². The van der Waals surface area contributed by atoms with Crippen LogP contribution in [-0.2, 0) is 4.79 Å². The summed E-state index contributed by atoms with van der Waals surface area (Å²) in [6.07, 6.45) is 1.76. The minimum Gasteiger partial charge on any atom is -0.441 e. The van der Waals surface area contributed by atoms with Gasteiger partial charge in [-0.1, -0.05) is 0 Å². The molecule has 1 amide bonds. The summed E-state index contributed by atoms with van der Waals surface area (Å²) < 4.78 is 5.56. The van der Waals surface area contributed by atoms with Gasteiger partial charge >= 0.3 is 0 Å². The highest BCUT2D eigenvalue weighted by Gasteiger charge is 2.30. The van der Waals surface area contributed by atoms with Gasteiger partial charge in [-0.15, -0.1) is 0 Å². The third kappa shape index (κ3) is 3.75. The van der Waals surface area contributed by atoms with Gasteiger partial charge in [0.2, 0.25) is 5.91 Å². The Kier molecular flexibility index (Phi) is 4.78. The zero-order valence-electron chi connectivity index (χ0n) is 18.4. The fourth-order valence-electron chi connectivity index (χ4n) is 3.95. The maximum atomic E-state index is 12.4. The number of carbonyl (C=O) groups is 1. The van der Waals surface area contributed by atoms with E-state index in [9.17, 15) is 4.79 Å². The van der Waals surface area contributed by atoms with Crippen molar-refractivity contribution < 1.29 is 9.21 Å². The molecule has 1 aliphatic rings. The Bertz CT molecular complexity index is 1320. The van der Waals surface area contributed by atoms with Crippen molar-refractivity contribution in [3.8, 4) is 11.3 Å². The number of piperazine rings is 1. The number of hydrogen-bond donors (Lipinski definition) is 1. The minimum absolute atomic E-state index is 0.0349. The molecular weight excluding hydrogens is 406 g/mol. The Labute approximate surface area is 185 Å². The molecule has 4 heterocycles. The molecule has 4 aromatic rings. The molecule has 9 heteroatoms. The fourth-order valence-corrected chi connectivity index (χ4v) is 3.95. The lowest BCUT2D eigenvalue weighted by Crippen LogP contribution is -2.57. The van der Waals surface area contributed by atoms with Crippen molar-refractivity contribution in [2.45, 2.75) is 26.3 Å². The van der Waals surface area contributed by atoms with Crippen LogP contribution < -0.4 is 10.6 Å². The van der Waals surface area contributed by atoms with Crippen molar-refractivity contribution in [3.05, 3.63) is 42.4 Å². The number of aromatic nitrogens is 4. The number of nitrogens with two attached hydrogens (primary N) is 1. The summed E-state index contributed by atoms with van der Waals surface area (Å²) in [5.74, 6) is 1.35. The quantitative estimate of drug-likeness (QED) is 0.526. The van der Waals surface area contributed by atoms with Crippen LogP contribution in [0, 0.1) is 6.92 Å². The van der Waals surface area contributed by atoms with Gasteiger partial charge in [0.1, 0.15) is 16.9 Å². The summed E-state index contributed by atoms with van der Waals surface area (Å²) >= 11 is 0. The predicted molar refractivity (Wildman–Crippen MR) is 122 cm³/mol. The molecule has 2 N–H and O–H groups in total.